The van der Waals surface area contributed by atoms with Crippen LogP contribution in [0.1, 0.15) is 34.1 Å². The predicted octanol–water partition coefficient (Wildman–Crippen LogP) is 5.59. The molecule has 188 valence electrons. The molecule has 4 rings (SSSR count). The number of nitrogens with one attached hydrogen (secondary N) is 2. The summed E-state index contributed by atoms with van der Waals surface area (Å²) in [6.07, 6.45) is 0.663. The lowest BCUT2D eigenvalue weighted by Crippen LogP contribution is -2.32. The minimum atomic E-state index is -0.731. The maximum absolute atomic E-state index is 13.1. The molecule has 0 aliphatic carbocycles. The molecular formula is C27H21Cl2N3O5. The first-order valence-corrected chi connectivity index (χ1v) is 12.0. The zero-order valence-corrected chi connectivity index (χ0v) is 21.1. The van der Waals surface area contributed by atoms with Gasteiger partial charge in [0, 0.05) is 22.0 Å². The first kappa shape index (κ1) is 25.9. The molecule has 0 aromatic heterocycles. The molecule has 1 heterocycles. The van der Waals surface area contributed by atoms with Crippen LogP contribution in [0.5, 0.6) is 0 Å². The number of halogens is 2. The summed E-state index contributed by atoms with van der Waals surface area (Å²) in [6.45, 7) is 2.13. The van der Waals surface area contributed by atoms with Gasteiger partial charge in [0.25, 0.3) is 17.7 Å². The minimum absolute atomic E-state index is 0.123. The van der Waals surface area contributed by atoms with Gasteiger partial charge in [-0.1, -0.05) is 42.3 Å². The number of rotatable bonds is 8. The number of amides is 3. The SMILES string of the molecule is CCCOC(=O)c1cccc(N2C(=O)C(Cl)=C(Nc3ccc(C(=O)Nc4cccc(Cl)c4)cc3)C2=O)c1. The summed E-state index contributed by atoms with van der Waals surface area (Å²) < 4.78 is 5.12. The van der Waals surface area contributed by atoms with Crippen LogP contribution in [-0.2, 0) is 14.3 Å². The summed E-state index contributed by atoms with van der Waals surface area (Å²) in [7, 11) is 0. The van der Waals surface area contributed by atoms with Gasteiger partial charge >= 0.3 is 5.97 Å². The van der Waals surface area contributed by atoms with Crippen LogP contribution in [0.15, 0.2) is 83.5 Å². The molecule has 3 aromatic rings. The first-order valence-electron chi connectivity index (χ1n) is 11.3. The topological polar surface area (TPSA) is 105 Å². The number of carbonyl (C=O) groups excluding carboxylic acids is 4. The number of carbonyl (C=O) groups is 4. The molecular weight excluding hydrogens is 517 g/mol. The standard InChI is InChI=1S/C27H21Cl2N3O5/c1-2-13-37-27(36)17-5-3-8-21(14-17)32-25(34)22(29)23(26(32)35)30-19-11-9-16(10-12-19)24(33)31-20-7-4-6-18(28)15-20/h3-12,14-15,30H,2,13H2,1H3,(H,31,33). The monoisotopic (exact) mass is 537 g/mol. The molecule has 37 heavy (non-hydrogen) atoms. The third-order valence-electron chi connectivity index (χ3n) is 5.30. The van der Waals surface area contributed by atoms with Crippen molar-refractivity contribution in [2.24, 2.45) is 0 Å². The summed E-state index contributed by atoms with van der Waals surface area (Å²) in [5.74, 6) is -2.32. The summed E-state index contributed by atoms with van der Waals surface area (Å²) in [5.41, 5.74) is 1.62. The highest BCUT2D eigenvalue weighted by Crippen LogP contribution is 2.31. The lowest BCUT2D eigenvalue weighted by molar-refractivity contribution is -0.120. The van der Waals surface area contributed by atoms with E-state index in [1.807, 2.05) is 6.92 Å². The quantitative estimate of drug-likeness (QED) is 0.286. The fraction of sp³-hybridized carbons (Fsp3) is 0.111. The average Bonchev–Trinajstić information content (AvgIpc) is 3.10. The molecule has 1 aliphatic rings. The number of benzene rings is 3. The smallest absolute Gasteiger partial charge is 0.338 e. The molecule has 0 bridgehead atoms. The predicted molar refractivity (Wildman–Crippen MR) is 142 cm³/mol. The second-order valence-corrected chi connectivity index (χ2v) is 8.80. The molecule has 8 nitrogen and oxygen atoms in total. The molecule has 0 fully saturated rings. The van der Waals surface area contributed by atoms with E-state index in [1.165, 1.54) is 18.2 Å². The number of hydrogen-bond donors (Lipinski definition) is 2. The van der Waals surface area contributed by atoms with Gasteiger partial charge in [0.1, 0.15) is 10.7 Å². The van der Waals surface area contributed by atoms with Crippen molar-refractivity contribution in [1.82, 2.24) is 0 Å². The van der Waals surface area contributed by atoms with Gasteiger partial charge in [-0.25, -0.2) is 9.69 Å². The Morgan fingerprint density at radius 1 is 0.865 bits per heavy atom. The molecule has 10 heteroatoms. The van der Waals surface area contributed by atoms with Crippen molar-refractivity contribution < 1.29 is 23.9 Å². The highest BCUT2D eigenvalue weighted by atomic mass is 35.5. The molecule has 2 N–H and O–H groups in total. The van der Waals surface area contributed by atoms with Gasteiger partial charge in [-0.05, 0) is 67.1 Å². The van der Waals surface area contributed by atoms with Crippen molar-refractivity contribution in [2.45, 2.75) is 13.3 Å². The Labute approximate surface area is 222 Å². The van der Waals surface area contributed by atoms with E-state index in [0.717, 1.165) is 4.90 Å². The van der Waals surface area contributed by atoms with Gasteiger partial charge in [-0.2, -0.15) is 0 Å². The van der Waals surface area contributed by atoms with E-state index >= 15 is 0 Å². The Morgan fingerprint density at radius 2 is 1.59 bits per heavy atom. The molecule has 0 radical (unpaired) electrons. The van der Waals surface area contributed by atoms with Gasteiger partial charge in [-0.15, -0.1) is 0 Å². The Hall–Kier alpha value is -4.14. The summed E-state index contributed by atoms with van der Waals surface area (Å²) in [5, 5.41) is 5.80. The van der Waals surface area contributed by atoms with E-state index in [1.54, 1.807) is 54.6 Å². The zero-order chi connectivity index (χ0) is 26.5. The van der Waals surface area contributed by atoms with Crippen LogP contribution >= 0.6 is 23.2 Å². The molecule has 0 unspecified atom stereocenters. The van der Waals surface area contributed by atoms with Crippen molar-refractivity contribution in [3.8, 4) is 0 Å². The van der Waals surface area contributed by atoms with Crippen molar-refractivity contribution in [2.75, 3.05) is 22.1 Å². The molecule has 0 saturated carbocycles. The van der Waals surface area contributed by atoms with E-state index in [9.17, 15) is 19.2 Å². The van der Waals surface area contributed by atoms with E-state index in [2.05, 4.69) is 10.6 Å². The summed E-state index contributed by atoms with van der Waals surface area (Å²) in [6, 6.07) is 19.0. The van der Waals surface area contributed by atoms with Gasteiger partial charge in [0.15, 0.2) is 0 Å². The van der Waals surface area contributed by atoms with Crippen LogP contribution in [0, 0.1) is 0 Å². The Morgan fingerprint density at radius 3 is 2.30 bits per heavy atom. The molecule has 1 aliphatic heterocycles. The summed E-state index contributed by atoms with van der Waals surface area (Å²) >= 11 is 12.2. The van der Waals surface area contributed by atoms with Crippen LogP contribution in [0.25, 0.3) is 0 Å². The number of ether oxygens (including phenoxy) is 1. The molecule has 0 atom stereocenters. The fourth-order valence-electron chi connectivity index (χ4n) is 3.51. The first-order chi connectivity index (χ1) is 17.8. The van der Waals surface area contributed by atoms with Crippen molar-refractivity contribution in [3.05, 3.63) is 99.7 Å². The van der Waals surface area contributed by atoms with E-state index in [0.29, 0.717) is 28.4 Å². The molecule has 3 aromatic carbocycles. The van der Waals surface area contributed by atoms with Crippen molar-refractivity contribution in [3.63, 3.8) is 0 Å². The largest absolute Gasteiger partial charge is 0.462 e. The lowest BCUT2D eigenvalue weighted by Gasteiger charge is -2.16. The zero-order valence-electron chi connectivity index (χ0n) is 19.6. The molecule has 3 amide bonds. The maximum Gasteiger partial charge on any atom is 0.338 e. The van der Waals surface area contributed by atoms with Crippen LogP contribution in [-0.4, -0.2) is 30.3 Å². The Kier molecular flexibility index (Phi) is 7.91. The normalized spacial score (nSPS) is 13.1. The van der Waals surface area contributed by atoms with Crippen LogP contribution in [0.3, 0.4) is 0 Å². The number of imide groups is 1. The van der Waals surface area contributed by atoms with Crippen molar-refractivity contribution in [1.29, 1.82) is 0 Å². The highest BCUT2D eigenvalue weighted by Gasteiger charge is 2.39. The molecule has 0 spiro atoms. The molecule has 0 saturated heterocycles. The van der Waals surface area contributed by atoms with Gasteiger partial charge in [0.05, 0.1) is 17.9 Å². The lowest BCUT2D eigenvalue weighted by atomic mass is 10.1. The Bertz CT molecular complexity index is 1420. The third kappa shape index (κ3) is 5.82. The number of hydrogen-bond acceptors (Lipinski definition) is 6. The fourth-order valence-corrected chi connectivity index (χ4v) is 3.92. The van der Waals surface area contributed by atoms with Crippen LogP contribution in [0.4, 0.5) is 17.1 Å². The van der Waals surface area contributed by atoms with E-state index in [4.69, 9.17) is 27.9 Å². The summed E-state index contributed by atoms with van der Waals surface area (Å²) in [4.78, 5) is 51.5. The van der Waals surface area contributed by atoms with Crippen LogP contribution in [0.2, 0.25) is 5.02 Å². The minimum Gasteiger partial charge on any atom is -0.462 e. The Balaban J connectivity index is 1.47. The van der Waals surface area contributed by atoms with Gasteiger partial charge < -0.3 is 15.4 Å². The van der Waals surface area contributed by atoms with Gasteiger partial charge in [-0.3, -0.25) is 14.4 Å². The third-order valence-corrected chi connectivity index (χ3v) is 5.89. The number of esters is 1. The average molecular weight is 538 g/mol. The second kappa shape index (κ2) is 11.3. The van der Waals surface area contributed by atoms with Crippen LogP contribution < -0.4 is 15.5 Å². The maximum atomic E-state index is 13.1. The van der Waals surface area contributed by atoms with Gasteiger partial charge in [0.2, 0.25) is 0 Å². The second-order valence-electron chi connectivity index (χ2n) is 7.99. The van der Waals surface area contributed by atoms with E-state index in [-0.39, 0.29) is 34.5 Å². The van der Waals surface area contributed by atoms with E-state index < -0.39 is 17.8 Å². The van der Waals surface area contributed by atoms with Crippen molar-refractivity contribution >= 4 is 64.0 Å². The number of anilines is 3. The number of nitrogens with zero attached hydrogens (tertiary/aromatic N) is 1. The highest BCUT2D eigenvalue weighted by molar-refractivity contribution is 6.53.